The predicted octanol–water partition coefficient (Wildman–Crippen LogP) is 2.00. The fraction of sp³-hybridized carbons (Fsp3) is 0.533. The summed E-state index contributed by atoms with van der Waals surface area (Å²) < 4.78 is 10.4. The van der Waals surface area contributed by atoms with Crippen LogP contribution < -0.4 is 20.1 Å². The number of benzene rings is 1. The highest BCUT2D eigenvalue weighted by Crippen LogP contribution is 2.25. The number of amides is 1. The molecule has 5 nitrogen and oxygen atoms in total. The molecule has 0 unspecified atom stereocenters. The van der Waals surface area contributed by atoms with Crippen LogP contribution in [0.15, 0.2) is 18.2 Å². The third-order valence-corrected chi connectivity index (χ3v) is 3.77. The van der Waals surface area contributed by atoms with Crippen LogP contribution in [0.1, 0.15) is 30.1 Å². The lowest BCUT2D eigenvalue weighted by molar-refractivity contribution is 0.0884. The highest BCUT2D eigenvalue weighted by molar-refractivity contribution is 5.97. The Labute approximate surface area is 131 Å². The number of methoxy groups -OCH3 is 2. The highest BCUT2D eigenvalue weighted by Gasteiger charge is 2.29. The predicted molar refractivity (Wildman–Crippen MR) is 84.8 cm³/mol. The molecule has 6 heteroatoms. The Morgan fingerprint density at radius 1 is 1.24 bits per heavy atom. The number of halogens is 1. The third kappa shape index (κ3) is 4.25. The summed E-state index contributed by atoms with van der Waals surface area (Å²) in [5, 5.41) is 6.42. The van der Waals surface area contributed by atoms with Gasteiger partial charge in [0.15, 0.2) is 0 Å². The summed E-state index contributed by atoms with van der Waals surface area (Å²) in [5.74, 6) is 1.08. The molecule has 118 valence electrons. The molecule has 1 aliphatic rings. The minimum absolute atomic E-state index is 0. The van der Waals surface area contributed by atoms with Crippen LogP contribution in [0.4, 0.5) is 0 Å². The first-order valence-corrected chi connectivity index (χ1v) is 6.83. The largest absolute Gasteiger partial charge is 0.497 e. The summed E-state index contributed by atoms with van der Waals surface area (Å²) in [5.41, 5.74) is 0.336. The molecule has 21 heavy (non-hydrogen) atoms. The average Bonchev–Trinajstić information content (AvgIpc) is 2.46. The van der Waals surface area contributed by atoms with Gasteiger partial charge in [-0.15, -0.1) is 12.4 Å². The average molecular weight is 315 g/mol. The van der Waals surface area contributed by atoms with Crippen molar-refractivity contribution >= 4 is 18.3 Å². The highest BCUT2D eigenvalue weighted by atomic mass is 35.5. The molecule has 0 atom stereocenters. The molecule has 2 N–H and O–H groups in total. The van der Waals surface area contributed by atoms with Crippen LogP contribution in [0.25, 0.3) is 0 Å². The van der Waals surface area contributed by atoms with Gasteiger partial charge in [-0.1, -0.05) is 0 Å². The van der Waals surface area contributed by atoms with Crippen LogP contribution in [0.5, 0.6) is 11.5 Å². The van der Waals surface area contributed by atoms with Gasteiger partial charge in [0.05, 0.1) is 19.8 Å². The lowest BCUT2D eigenvalue weighted by Gasteiger charge is -2.35. The van der Waals surface area contributed by atoms with Crippen molar-refractivity contribution in [2.45, 2.75) is 25.3 Å². The van der Waals surface area contributed by atoms with E-state index in [2.05, 4.69) is 17.6 Å². The number of rotatable bonds is 4. The van der Waals surface area contributed by atoms with Crippen molar-refractivity contribution in [3.8, 4) is 11.5 Å². The second kappa shape index (κ2) is 7.52. The second-order valence-electron chi connectivity index (χ2n) is 5.33. The number of piperidine rings is 1. The van der Waals surface area contributed by atoms with E-state index >= 15 is 0 Å². The van der Waals surface area contributed by atoms with Crippen LogP contribution in [0.2, 0.25) is 0 Å². The summed E-state index contributed by atoms with van der Waals surface area (Å²) in [4.78, 5) is 12.5. The van der Waals surface area contributed by atoms with Crippen molar-refractivity contribution in [2.75, 3.05) is 27.3 Å². The topological polar surface area (TPSA) is 59.6 Å². The van der Waals surface area contributed by atoms with Gasteiger partial charge >= 0.3 is 0 Å². The third-order valence-electron chi connectivity index (χ3n) is 3.77. The number of carbonyl (C=O) groups excluding carboxylic acids is 1. The Hall–Kier alpha value is -1.46. The molecular weight excluding hydrogens is 292 g/mol. The van der Waals surface area contributed by atoms with E-state index in [0.29, 0.717) is 17.1 Å². The Morgan fingerprint density at radius 2 is 1.90 bits per heavy atom. The Morgan fingerprint density at radius 3 is 2.48 bits per heavy atom. The monoisotopic (exact) mass is 314 g/mol. The lowest BCUT2D eigenvalue weighted by Crippen LogP contribution is -2.52. The Balaban J connectivity index is 0.00000220. The van der Waals surface area contributed by atoms with Gasteiger partial charge in [0, 0.05) is 5.54 Å². The van der Waals surface area contributed by atoms with Gasteiger partial charge < -0.3 is 20.1 Å². The van der Waals surface area contributed by atoms with Crippen LogP contribution in [0.3, 0.4) is 0 Å². The molecule has 1 aromatic rings. The Bertz CT molecular complexity index is 488. The van der Waals surface area contributed by atoms with Crippen LogP contribution in [0, 0.1) is 0 Å². The number of hydrogen-bond donors (Lipinski definition) is 2. The quantitative estimate of drug-likeness (QED) is 0.892. The fourth-order valence-electron chi connectivity index (χ4n) is 2.44. The van der Waals surface area contributed by atoms with E-state index in [1.807, 2.05) is 0 Å². The van der Waals surface area contributed by atoms with E-state index in [9.17, 15) is 4.79 Å². The van der Waals surface area contributed by atoms with Gasteiger partial charge in [-0.05, 0) is 51.1 Å². The zero-order valence-corrected chi connectivity index (χ0v) is 13.5. The van der Waals surface area contributed by atoms with Gasteiger partial charge in [0.2, 0.25) is 0 Å². The van der Waals surface area contributed by atoms with Gasteiger partial charge in [-0.25, -0.2) is 0 Å². The number of ether oxygens (including phenoxy) is 2. The molecule has 0 radical (unpaired) electrons. The van der Waals surface area contributed by atoms with Crippen molar-refractivity contribution < 1.29 is 14.3 Å². The van der Waals surface area contributed by atoms with Crippen LogP contribution in [-0.2, 0) is 0 Å². The maximum atomic E-state index is 12.5. The summed E-state index contributed by atoms with van der Waals surface area (Å²) in [6.45, 7) is 3.93. The van der Waals surface area contributed by atoms with Gasteiger partial charge in [0.1, 0.15) is 11.5 Å². The van der Waals surface area contributed by atoms with Crippen molar-refractivity contribution in [2.24, 2.45) is 0 Å². The first-order chi connectivity index (χ1) is 9.58. The SMILES string of the molecule is COc1ccc(OC)c(C(=O)NC2(C)CCNCC2)c1.Cl. The van der Waals surface area contributed by atoms with E-state index in [1.165, 1.54) is 0 Å². The second-order valence-corrected chi connectivity index (χ2v) is 5.33. The minimum atomic E-state index is -0.170. The molecule has 0 aromatic heterocycles. The standard InChI is InChI=1S/C15H22N2O3.ClH/c1-15(6-8-16-9-7-15)17-14(18)12-10-11(19-2)4-5-13(12)20-3;/h4-5,10,16H,6-9H2,1-3H3,(H,17,18);1H. The van der Waals surface area contributed by atoms with Gasteiger partial charge in [-0.3, -0.25) is 4.79 Å². The van der Waals surface area contributed by atoms with E-state index in [-0.39, 0.29) is 23.9 Å². The van der Waals surface area contributed by atoms with Crippen molar-refractivity contribution in [3.05, 3.63) is 23.8 Å². The van der Waals surface area contributed by atoms with E-state index in [0.717, 1.165) is 25.9 Å². The molecule has 0 spiro atoms. The number of carbonyl (C=O) groups is 1. The number of hydrogen-bond acceptors (Lipinski definition) is 4. The van der Waals surface area contributed by atoms with Gasteiger partial charge in [-0.2, -0.15) is 0 Å². The number of nitrogens with one attached hydrogen (secondary N) is 2. The van der Waals surface area contributed by atoms with Crippen molar-refractivity contribution in [1.82, 2.24) is 10.6 Å². The normalized spacial score (nSPS) is 16.5. The summed E-state index contributed by atoms with van der Waals surface area (Å²) in [6, 6.07) is 5.24. The summed E-state index contributed by atoms with van der Waals surface area (Å²) in [7, 11) is 3.14. The van der Waals surface area contributed by atoms with E-state index in [4.69, 9.17) is 9.47 Å². The van der Waals surface area contributed by atoms with Crippen LogP contribution >= 0.6 is 12.4 Å². The molecular formula is C15H23ClN2O3. The van der Waals surface area contributed by atoms with Gasteiger partial charge in [0.25, 0.3) is 5.91 Å². The fourth-order valence-corrected chi connectivity index (χ4v) is 2.44. The molecule has 1 saturated heterocycles. The molecule has 1 heterocycles. The first kappa shape index (κ1) is 17.6. The smallest absolute Gasteiger partial charge is 0.255 e. The van der Waals surface area contributed by atoms with Crippen molar-refractivity contribution in [1.29, 1.82) is 0 Å². The molecule has 1 amide bonds. The van der Waals surface area contributed by atoms with E-state index in [1.54, 1.807) is 32.4 Å². The zero-order chi connectivity index (χ0) is 14.6. The molecule has 2 rings (SSSR count). The lowest BCUT2D eigenvalue weighted by atomic mass is 9.90. The molecule has 1 aliphatic heterocycles. The summed E-state index contributed by atoms with van der Waals surface area (Å²) in [6.07, 6.45) is 1.84. The molecule has 0 bridgehead atoms. The van der Waals surface area contributed by atoms with Crippen LogP contribution in [-0.4, -0.2) is 38.8 Å². The molecule has 1 fully saturated rings. The van der Waals surface area contributed by atoms with E-state index < -0.39 is 0 Å². The molecule has 0 saturated carbocycles. The first-order valence-electron chi connectivity index (χ1n) is 6.83. The van der Waals surface area contributed by atoms with Crippen molar-refractivity contribution in [3.63, 3.8) is 0 Å². The molecule has 0 aliphatic carbocycles. The zero-order valence-electron chi connectivity index (χ0n) is 12.7. The summed E-state index contributed by atoms with van der Waals surface area (Å²) >= 11 is 0. The Kier molecular flexibility index (Phi) is 6.30. The maximum Gasteiger partial charge on any atom is 0.255 e. The maximum absolute atomic E-state index is 12.5. The molecule has 1 aromatic carbocycles. The minimum Gasteiger partial charge on any atom is -0.497 e.